The van der Waals surface area contributed by atoms with E-state index in [0.717, 1.165) is 44.4 Å². The Hall–Kier alpha value is -9.56. The van der Waals surface area contributed by atoms with E-state index >= 15 is 0 Å². The number of alkyl halides is 6. The Kier molecular flexibility index (Phi) is 14.7. The molecule has 26 heteroatoms. The molecule has 0 saturated carbocycles. The molecule has 0 atom stereocenters. The third-order valence-corrected chi connectivity index (χ3v) is 14.4. The van der Waals surface area contributed by atoms with Crippen LogP contribution >= 0.6 is 23.5 Å². The Labute approximate surface area is 469 Å². The lowest BCUT2D eigenvalue weighted by atomic mass is 10.1. The maximum atomic E-state index is 12.9. The van der Waals surface area contributed by atoms with Gasteiger partial charge in [0.1, 0.15) is 24.2 Å². The second-order valence-corrected chi connectivity index (χ2v) is 20.2. The van der Waals surface area contributed by atoms with Crippen molar-refractivity contribution in [3.63, 3.8) is 0 Å². The van der Waals surface area contributed by atoms with Gasteiger partial charge in [-0.3, -0.25) is 14.5 Å². The molecule has 2 saturated heterocycles. The number of amidine groups is 2. The Bertz CT molecular complexity index is 4130. The second kappa shape index (κ2) is 22.2. The first-order chi connectivity index (χ1) is 39.3. The van der Waals surface area contributed by atoms with Crippen LogP contribution in [0.5, 0.6) is 11.5 Å². The highest BCUT2D eigenvalue weighted by molar-refractivity contribution is 8.15. The summed E-state index contributed by atoms with van der Waals surface area (Å²) in [6.45, 7) is 7.86. The molecule has 12 rings (SSSR count). The molecule has 2 amide bonds. The van der Waals surface area contributed by atoms with E-state index in [1.807, 2.05) is 88.4 Å². The number of hydrogen-bond acceptors (Lipinski definition) is 16. The first-order valence-electron chi connectivity index (χ1n) is 24.6. The number of halogens is 6. The topological polar surface area (TPSA) is 197 Å². The zero-order valence-corrected chi connectivity index (χ0v) is 44.9. The van der Waals surface area contributed by atoms with Crippen LogP contribution in [0, 0.1) is 27.7 Å². The van der Waals surface area contributed by atoms with E-state index in [0.29, 0.717) is 55.5 Å². The fourth-order valence-corrected chi connectivity index (χ4v) is 10.4. The number of rotatable bonds is 10. The first kappa shape index (κ1) is 54.4. The Morgan fingerprint density at radius 2 is 1.04 bits per heavy atom. The van der Waals surface area contributed by atoms with Crippen molar-refractivity contribution in [2.45, 2.75) is 40.4 Å². The van der Waals surface area contributed by atoms with Crippen molar-refractivity contribution in [1.82, 2.24) is 49.5 Å². The largest absolute Gasteiger partial charge is 0.573 e. The van der Waals surface area contributed by atoms with Crippen molar-refractivity contribution in [2.24, 2.45) is 9.98 Å². The molecule has 82 heavy (non-hydrogen) atoms. The number of aliphatic imine (C=N–C) groups is 2. The van der Waals surface area contributed by atoms with E-state index < -0.39 is 12.7 Å². The van der Waals surface area contributed by atoms with Crippen LogP contribution in [0.15, 0.2) is 156 Å². The summed E-state index contributed by atoms with van der Waals surface area (Å²) < 4.78 is 85.3. The van der Waals surface area contributed by atoms with E-state index in [4.69, 9.17) is 4.99 Å². The number of nitrogens with zero attached hydrogens (tertiary/aromatic N) is 14. The third-order valence-electron chi connectivity index (χ3n) is 12.5. The van der Waals surface area contributed by atoms with Gasteiger partial charge >= 0.3 is 12.7 Å². The normalized spacial score (nSPS) is 14.8. The molecule has 0 spiro atoms. The molecule has 2 aliphatic rings. The number of aromatic nitrogens is 10. The van der Waals surface area contributed by atoms with Gasteiger partial charge in [0, 0.05) is 34.3 Å². The number of aryl methyl sites for hydroxylation is 4. The van der Waals surface area contributed by atoms with E-state index in [9.17, 15) is 35.9 Å². The average molecular weight is 1150 g/mol. The van der Waals surface area contributed by atoms with Crippen LogP contribution in [0.3, 0.4) is 0 Å². The van der Waals surface area contributed by atoms with Crippen molar-refractivity contribution in [3.05, 3.63) is 169 Å². The van der Waals surface area contributed by atoms with E-state index in [-0.39, 0.29) is 46.7 Å². The zero-order chi connectivity index (χ0) is 57.5. The van der Waals surface area contributed by atoms with Gasteiger partial charge in [-0.15, -0.1) is 36.5 Å². The minimum Gasteiger partial charge on any atom is -0.406 e. The average Bonchev–Trinajstić information content (AvgIpc) is 4.46. The van der Waals surface area contributed by atoms with E-state index in [1.54, 1.807) is 29.4 Å². The molecule has 2 aliphatic heterocycles. The fourth-order valence-electron chi connectivity index (χ4n) is 8.75. The van der Waals surface area contributed by atoms with Gasteiger partial charge in [-0.05, 0) is 123 Å². The summed E-state index contributed by atoms with van der Waals surface area (Å²) in [6.07, 6.45) is -3.31. The number of amides is 2. The molecular formula is C56H40F6N14O4S2. The predicted molar refractivity (Wildman–Crippen MR) is 299 cm³/mol. The number of anilines is 2. The highest BCUT2D eigenvalue weighted by Crippen LogP contribution is 2.35. The van der Waals surface area contributed by atoms with Crippen LogP contribution in [-0.4, -0.2) is 95.8 Å². The number of benzene rings is 6. The van der Waals surface area contributed by atoms with Gasteiger partial charge < -0.3 is 9.47 Å². The van der Waals surface area contributed by atoms with Gasteiger partial charge in [-0.2, -0.15) is 4.99 Å². The molecule has 0 bridgehead atoms. The first-order valence-corrected chi connectivity index (χ1v) is 26.6. The van der Waals surface area contributed by atoms with Gasteiger partial charge in [-0.1, -0.05) is 72.1 Å². The zero-order valence-electron chi connectivity index (χ0n) is 43.2. The smallest absolute Gasteiger partial charge is 0.406 e. The maximum Gasteiger partial charge on any atom is 0.573 e. The Morgan fingerprint density at radius 1 is 0.524 bits per heavy atom. The van der Waals surface area contributed by atoms with Crippen molar-refractivity contribution in [3.8, 4) is 45.6 Å². The van der Waals surface area contributed by atoms with Crippen molar-refractivity contribution in [1.29, 1.82) is 0 Å². The molecule has 6 heterocycles. The molecule has 18 nitrogen and oxygen atoms in total. The molecule has 0 unspecified atom stereocenters. The van der Waals surface area contributed by atoms with E-state index in [1.165, 1.54) is 99.0 Å². The number of ether oxygens (including phenoxy) is 2. The summed E-state index contributed by atoms with van der Waals surface area (Å²) in [5.41, 5.74) is 9.19. The van der Waals surface area contributed by atoms with Crippen LogP contribution in [0.4, 0.5) is 49.6 Å². The molecule has 0 N–H and O–H groups in total. The minimum absolute atomic E-state index is 0.0471. The molecule has 10 aromatic rings. The highest BCUT2D eigenvalue weighted by Gasteiger charge is 2.35. The molecule has 6 aromatic carbocycles. The quantitative estimate of drug-likeness (QED) is 0.117. The Balaban J connectivity index is 0.000000172. The van der Waals surface area contributed by atoms with Crippen LogP contribution < -0.4 is 19.3 Å². The van der Waals surface area contributed by atoms with Gasteiger partial charge in [0.2, 0.25) is 17.8 Å². The highest BCUT2D eigenvalue weighted by atomic mass is 32.2. The predicted octanol–water partition coefficient (Wildman–Crippen LogP) is 12.3. The third kappa shape index (κ3) is 12.0. The lowest BCUT2D eigenvalue weighted by Gasteiger charge is -2.20. The summed E-state index contributed by atoms with van der Waals surface area (Å²) in [4.78, 5) is 64.8. The summed E-state index contributed by atoms with van der Waals surface area (Å²) in [5, 5.41) is 11.4. The van der Waals surface area contributed by atoms with Crippen molar-refractivity contribution < 1.29 is 45.4 Å². The summed E-state index contributed by atoms with van der Waals surface area (Å²) in [5.74, 6) is 0.903. The van der Waals surface area contributed by atoms with Gasteiger partial charge in [-0.25, -0.2) is 49.2 Å². The van der Waals surface area contributed by atoms with Crippen LogP contribution in [0.1, 0.15) is 22.3 Å². The Morgan fingerprint density at radius 3 is 1.61 bits per heavy atom. The summed E-state index contributed by atoms with van der Waals surface area (Å²) >= 11 is 2.68. The SMILES string of the molecule is Cc1cccc(C)c1N1C(=O)CSC1=Nc1ncc2cc(-c3ncn(-c4ccc(OC(F)(F)F)cc4)n3)ccc2n1.Cc1cccc(C)c1N=C1SCC(=O)N1c1ncc2ccc(-c3ncn(-c4ccc(OC(F)(F)F)cc4)n3)cc2n1. The standard InChI is InChI=1S/2C28H20F3N7O2S/c1-16-4-3-5-17(2)24(16)38-23(39)14-41-27(38)35-26-32-13-19-12-18(6-11-22(19)34-26)25-33-15-37(36-25)20-7-9-21(10-8-20)40-28(29,30)31;1-16-4-3-5-17(2)24(16)35-27-38(23(39)14-41-27)26-32-13-19-7-6-18(12-22(19)34-26)25-33-15-37(36-25)20-8-10-21(11-9-20)40-28(29,30)31/h2*3-13,15H,14H2,1-2H3. The van der Waals surface area contributed by atoms with Gasteiger partial charge in [0.15, 0.2) is 22.0 Å². The number of para-hydroxylation sites is 2. The monoisotopic (exact) mass is 1150 g/mol. The minimum atomic E-state index is -4.77. The van der Waals surface area contributed by atoms with Crippen LogP contribution in [0.2, 0.25) is 0 Å². The number of thioether (sulfide) groups is 2. The van der Waals surface area contributed by atoms with Crippen LogP contribution in [-0.2, 0) is 9.59 Å². The fraction of sp³-hybridized carbons (Fsp3) is 0.143. The second-order valence-electron chi connectivity index (χ2n) is 18.3. The lowest BCUT2D eigenvalue weighted by molar-refractivity contribution is -0.275. The number of carbonyl (C=O) groups is 2. The van der Waals surface area contributed by atoms with Crippen LogP contribution in [0.25, 0.3) is 56.0 Å². The summed E-state index contributed by atoms with van der Waals surface area (Å²) in [7, 11) is 0. The number of hydrogen-bond donors (Lipinski definition) is 0. The molecule has 412 valence electrons. The van der Waals surface area contributed by atoms with E-state index in [2.05, 4.69) is 54.6 Å². The molecule has 2 fully saturated rings. The summed E-state index contributed by atoms with van der Waals surface area (Å²) in [6, 6.07) is 33.3. The number of carbonyl (C=O) groups excluding carboxylic acids is 2. The molecule has 4 aromatic heterocycles. The lowest BCUT2D eigenvalue weighted by Crippen LogP contribution is -2.30. The van der Waals surface area contributed by atoms with Gasteiger partial charge in [0.05, 0.1) is 45.3 Å². The maximum absolute atomic E-state index is 12.9. The molecule has 0 radical (unpaired) electrons. The molecule has 0 aliphatic carbocycles. The van der Waals surface area contributed by atoms with Crippen molar-refractivity contribution in [2.75, 3.05) is 21.3 Å². The number of fused-ring (bicyclic) bond motifs is 2. The van der Waals surface area contributed by atoms with Gasteiger partial charge in [0.25, 0.3) is 5.95 Å². The molecular weight excluding hydrogens is 1110 g/mol. The van der Waals surface area contributed by atoms with Crippen molar-refractivity contribution >= 4 is 90.8 Å².